The van der Waals surface area contributed by atoms with Crippen molar-refractivity contribution < 1.29 is 9.53 Å². The topological polar surface area (TPSA) is 55.6 Å². The van der Waals surface area contributed by atoms with Gasteiger partial charge in [-0.15, -0.1) is 0 Å². The molecule has 1 aliphatic rings. The maximum absolute atomic E-state index is 11.2. The molecule has 1 rings (SSSR count). The Labute approximate surface area is 91.8 Å². The highest BCUT2D eigenvalue weighted by Crippen LogP contribution is 2.19. The van der Waals surface area contributed by atoms with Crippen LogP contribution < -0.4 is 5.73 Å². The van der Waals surface area contributed by atoms with Crippen molar-refractivity contribution in [3.63, 3.8) is 0 Å². The molecule has 2 N–H and O–H groups in total. The lowest BCUT2D eigenvalue weighted by atomic mass is 9.96. The van der Waals surface area contributed by atoms with Crippen molar-refractivity contribution in [2.24, 2.45) is 11.7 Å². The number of amides is 1. The largest absolute Gasteiger partial charge is 0.384 e. The molecule has 88 valence electrons. The Bertz CT molecular complexity index is 201. The second-order valence-electron chi connectivity index (χ2n) is 4.26. The molecule has 0 aromatic heterocycles. The summed E-state index contributed by atoms with van der Waals surface area (Å²) in [5.74, 6) is 0.458. The van der Waals surface area contributed by atoms with Crippen molar-refractivity contribution in [2.45, 2.75) is 32.2 Å². The second kappa shape index (κ2) is 6.08. The van der Waals surface area contributed by atoms with Crippen molar-refractivity contribution in [3.8, 4) is 0 Å². The zero-order valence-corrected chi connectivity index (χ0v) is 9.74. The molecule has 1 fully saturated rings. The number of nitrogens with zero attached hydrogens (tertiary/aromatic N) is 1. The summed E-state index contributed by atoms with van der Waals surface area (Å²) in [6.07, 6.45) is 3.03. The number of rotatable bonds is 5. The normalized spacial score (nSPS) is 21.5. The Balaban J connectivity index is 2.38. The number of carbonyl (C=O) groups is 1. The number of hydrogen-bond acceptors (Lipinski definition) is 3. The first kappa shape index (κ1) is 12.5. The standard InChI is InChI=1S/C11H22N2O2/c1-3-10(11(12)14)13-6-4-9(5-7-13)8-15-2/h9-10H,3-8H2,1-2H3,(H2,12,14). The van der Waals surface area contributed by atoms with Crippen molar-refractivity contribution in [1.29, 1.82) is 0 Å². The van der Waals surface area contributed by atoms with Crippen LogP contribution in [0.5, 0.6) is 0 Å². The van der Waals surface area contributed by atoms with Gasteiger partial charge in [-0.1, -0.05) is 6.92 Å². The van der Waals surface area contributed by atoms with Crippen LogP contribution in [0.15, 0.2) is 0 Å². The van der Waals surface area contributed by atoms with E-state index in [4.69, 9.17) is 10.5 Å². The third-order valence-corrected chi connectivity index (χ3v) is 3.21. The zero-order chi connectivity index (χ0) is 11.3. The molecule has 0 spiro atoms. The van der Waals surface area contributed by atoms with Crippen LogP contribution in [0.3, 0.4) is 0 Å². The predicted octanol–water partition coefficient (Wildman–Crippen LogP) is 0.609. The van der Waals surface area contributed by atoms with Crippen LogP contribution in [0, 0.1) is 5.92 Å². The minimum absolute atomic E-state index is 0.0755. The highest BCUT2D eigenvalue weighted by Gasteiger charge is 2.26. The van der Waals surface area contributed by atoms with Gasteiger partial charge in [0.15, 0.2) is 0 Å². The fraction of sp³-hybridized carbons (Fsp3) is 0.909. The van der Waals surface area contributed by atoms with Crippen molar-refractivity contribution in [2.75, 3.05) is 26.8 Å². The van der Waals surface area contributed by atoms with E-state index in [1.54, 1.807) is 7.11 Å². The van der Waals surface area contributed by atoms with E-state index in [0.717, 1.165) is 39.0 Å². The summed E-state index contributed by atoms with van der Waals surface area (Å²) in [6, 6.07) is -0.0755. The van der Waals surface area contributed by atoms with Gasteiger partial charge in [0.25, 0.3) is 0 Å². The van der Waals surface area contributed by atoms with E-state index in [2.05, 4.69) is 4.90 Å². The molecule has 0 radical (unpaired) electrons. The van der Waals surface area contributed by atoms with Gasteiger partial charge in [-0.3, -0.25) is 9.69 Å². The lowest BCUT2D eigenvalue weighted by Gasteiger charge is -2.35. The number of ether oxygens (including phenoxy) is 1. The molecule has 1 unspecified atom stereocenters. The SMILES string of the molecule is CCC(C(N)=O)N1CCC(COC)CC1. The summed E-state index contributed by atoms with van der Waals surface area (Å²) >= 11 is 0. The first-order valence-corrected chi connectivity index (χ1v) is 5.71. The van der Waals surface area contributed by atoms with E-state index >= 15 is 0 Å². The van der Waals surface area contributed by atoms with Gasteiger partial charge in [-0.25, -0.2) is 0 Å². The number of piperidine rings is 1. The maximum Gasteiger partial charge on any atom is 0.234 e. The highest BCUT2D eigenvalue weighted by molar-refractivity contribution is 5.79. The summed E-state index contributed by atoms with van der Waals surface area (Å²) in [7, 11) is 1.74. The summed E-state index contributed by atoms with van der Waals surface area (Å²) < 4.78 is 5.14. The summed E-state index contributed by atoms with van der Waals surface area (Å²) in [5.41, 5.74) is 5.37. The Morgan fingerprint density at radius 2 is 2.13 bits per heavy atom. The van der Waals surface area contributed by atoms with E-state index < -0.39 is 0 Å². The Morgan fingerprint density at radius 1 is 1.53 bits per heavy atom. The fourth-order valence-corrected chi connectivity index (χ4v) is 2.31. The number of primary amides is 1. The molecule has 1 amide bonds. The quantitative estimate of drug-likeness (QED) is 0.729. The Kier molecular flexibility index (Phi) is 5.05. The first-order valence-electron chi connectivity index (χ1n) is 5.71. The van der Waals surface area contributed by atoms with Gasteiger partial charge < -0.3 is 10.5 Å². The van der Waals surface area contributed by atoms with Crippen LogP contribution in [-0.2, 0) is 9.53 Å². The summed E-state index contributed by atoms with van der Waals surface area (Å²) in [4.78, 5) is 13.4. The van der Waals surface area contributed by atoms with E-state index in [1.165, 1.54) is 0 Å². The zero-order valence-electron chi connectivity index (χ0n) is 9.74. The molecule has 1 aliphatic heterocycles. The molecule has 1 saturated heterocycles. The molecule has 1 atom stereocenters. The number of nitrogens with two attached hydrogens (primary N) is 1. The van der Waals surface area contributed by atoms with E-state index in [-0.39, 0.29) is 11.9 Å². The average Bonchev–Trinajstić information content (AvgIpc) is 2.21. The van der Waals surface area contributed by atoms with Crippen LogP contribution in [0.1, 0.15) is 26.2 Å². The molecule has 0 aromatic carbocycles. The number of hydrogen-bond donors (Lipinski definition) is 1. The molecular weight excluding hydrogens is 192 g/mol. The number of carbonyl (C=O) groups excluding carboxylic acids is 1. The summed E-state index contributed by atoms with van der Waals surface area (Å²) in [6.45, 7) is 4.78. The molecule has 1 heterocycles. The van der Waals surface area contributed by atoms with Crippen LogP contribution in [0.4, 0.5) is 0 Å². The third-order valence-electron chi connectivity index (χ3n) is 3.21. The average molecular weight is 214 g/mol. The number of likely N-dealkylation sites (tertiary alicyclic amines) is 1. The molecule has 15 heavy (non-hydrogen) atoms. The first-order chi connectivity index (χ1) is 7.19. The van der Waals surface area contributed by atoms with Crippen LogP contribution in [0.25, 0.3) is 0 Å². The molecule has 0 aromatic rings. The van der Waals surface area contributed by atoms with Gasteiger partial charge in [-0.05, 0) is 38.3 Å². The van der Waals surface area contributed by atoms with E-state index in [0.29, 0.717) is 5.92 Å². The van der Waals surface area contributed by atoms with E-state index in [9.17, 15) is 4.79 Å². The van der Waals surface area contributed by atoms with Crippen molar-refractivity contribution in [3.05, 3.63) is 0 Å². The van der Waals surface area contributed by atoms with Gasteiger partial charge in [0.05, 0.1) is 6.04 Å². The Morgan fingerprint density at radius 3 is 2.53 bits per heavy atom. The minimum atomic E-state index is -0.192. The van der Waals surface area contributed by atoms with Crippen molar-refractivity contribution in [1.82, 2.24) is 4.90 Å². The molecule has 4 nitrogen and oxygen atoms in total. The van der Waals surface area contributed by atoms with Gasteiger partial charge in [-0.2, -0.15) is 0 Å². The van der Waals surface area contributed by atoms with Crippen LogP contribution >= 0.6 is 0 Å². The predicted molar refractivity (Wildman–Crippen MR) is 59.4 cm³/mol. The van der Waals surface area contributed by atoms with Crippen LogP contribution in [0.2, 0.25) is 0 Å². The maximum atomic E-state index is 11.2. The monoisotopic (exact) mass is 214 g/mol. The molecule has 4 heteroatoms. The minimum Gasteiger partial charge on any atom is -0.384 e. The van der Waals surface area contributed by atoms with Gasteiger partial charge >= 0.3 is 0 Å². The molecule has 0 aliphatic carbocycles. The molecule has 0 saturated carbocycles. The third kappa shape index (κ3) is 3.47. The smallest absolute Gasteiger partial charge is 0.234 e. The van der Waals surface area contributed by atoms with Gasteiger partial charge in [0, 0.05) is 13.7 Å². The second-order valence-corrected chi connectivity index (χ2v) is 4.26. The highest BCUT2D eigenvalue weighted by atomic mass is 16.5. The number of methoxy groups -OCH3 is 1. The van der Waals surface area contributed by atoms with Gasteiger partial charge in [0.1, 0.15) is 0 Å². The molecule has 0 bridgehead atoms. The van der Waals surface area contributed by atoms with Crippen LogP contribution in [-0.4, -0.2) is 43.7 Å². The summed E-state index contributed by atoms with van der Waals surface area (Å²) in [5, 5.41) is 0. The molecular formula is C11H22N2O2. The lowest BCUT2D eigenvalue weighted by Crippen LogP contribution is -2.48. The van der Waals surface area contributed by atoms with Gasteiger partial charge in [0.2, 0.25) is 5.91 Å². The van der Waals surface area contributed by atoms with E-state index in [1.807, 2.05) is 6.92 Å². The fourth-order valence-electron chi connectivity index (χ4n) is 2.31. The van der Waals surface area contributed by atoms with Crippen molar-refractivity contribution >= 4 is 5.91 Å². The lowest BCUT2D eigenvalue weighted by molar-refractivity contribution is -0.124. The Hall–Kier alpha value is -0.610.